The number of likely N-dealkylation sites (tertiary alicyclic amines) is 1. The molecule has 30 heavy (non-hydrogen) atoms. The Morgan fingerprint density at radius 3 is 2.37 bits per heavy atom. The lowest BCUT2D eigenvalue weighted by atomic mass is 10.0. The fourth-order valence-electron chi connectivity index (χ4n) is 3.33. The zero-order chi connectivity index (χ0) is 21.5. The molecule has 2 heterocycles. The highest BCUT2D eigenvalue weighted by Crippen LogP contribution is 2.14. The fraction of sp³-hybridized carbons (Fsp3) is 0.348. The Labute approximate surface area is 176 Å². The van der Waals surface area contributed by atoms with Crippen molar-refractivity contribution >= 4 is 23.8 Å². The maximum absolute atomic E-state index is 12.9. The van der Waals surface area contributed by atoms with E-state index in [0.29, 0.717) is 37.3 Å². The molecule has 2 N–H and O–H groups in total. The summed E-state index contributed by atoms with van der Waals surface area (Å²) in [5, 5.41) is 5.66. The van der Waals surface area contributed by atoms with Gasteiger partial charge in [0.15, 0.2) is 0 Å². The van der Waals surface area contributed by atoms with Crippen molar-refractivity contribution in [3.63, 3.8) is 0 Å². The van der Waals surface area contributed by atoms with Crippen LogP contribution in [0.1, 0.15) is 42.8 Å². The van der Waals surface area contributed by atoms with Crippen LogP contribution in [0.2, 0.25) is 0 Å². The van der Waals surface area contributed by atoms with E-state index >= 15 is 0 Å². The van der Waals surface area contributed by atoms with Gasteiger partial charge in [0.05, 0.1) is 6.26 Å². The molecule has 0 spiro atoms. The van der Waals surface area contributed by atoms with Gasteiger partial charge in [-0.05, 0) is 37.1 Å². The number of nitrogens with one attached hydrogen (secondary N) is 2. The predicted octanol–water partition coefficient (Wildman–Crippen LogP) is 2.81. The van der Waals surface area contributed by atoms with E-state index in [1.54, 1.807) is 36.4 Å². The summed E-state index contributed by atoms with van der Waals surface area (Å²) in [5.74, 6) is -0.198. The zero-order valence-corrected chi connectivity index (χ0v) is 17.3. The van der Waals surface area contributed by atoms with Crippen molar-refractivity contribution in [2.45, 2.75) is 32.7 Å². The highest BCUT2D eigenvalue weighted by molar-refractivity contribution is 6.05. The van der Waals surface area contributed by atoms with Crippen LogP contribution >= 0.6 is 0 Å². The molecule has 1 aromatic heterocycles. The van der Waals surface area contributed by atoms with E-state index in [0.717, 1.165) is 0 Å². The number of furan rings is 1. The van der Waals surface area contributed by atoms with Crippen molar-refractivity contribution in [3.05, 3.63) is 65.7 Å². The lowest BCUT2D eigenvalue weighted by molar-refractivity contribution is -0.135. The molecular weight excluding hydrogens is 382 g/mol. The third kappa shape index (κ3) is 5.59. The number of piperidine rings is 1. The maximum Gasteiger partial charge on any atom is 0.268 e. The first-order valence-corrected chi connectivity index (χ1v) is 10.2. The van der Waals surface area contributed by atoms with Gasteiger partial charge in [0.25, 0.3) is 11.8 Å². The van der Waals surface area contributed by atoms with Crippen LogP contribution in [0.4, 0.5) is 0 Å². The summed E-state index contributed by atoms with van der Waals surface area (Å²) in [7, 11) is 0. The van der Waals surface area contributed by atoms with E-state index in [2.05, 4.69) is 10.6 Å². The molecule has 1 saturated heterocycles. The maximum atomic E-state index is 12.9. The summed E-state index contributed by atoms with van der Waals surface area (Å²) < 4.78 is 5.30. The lowest BCUT2D eigenvalue weighted by Crippen LogP contribution is -2.48. The monoisotopic (exact) mass is 409 g/mol. The van der Waals surface area contributed by atoms with Crippen LogP contribution in [0.3, 0.4) is 0 Å². The smallest absolute Gasteiger partial charge is 0.268 e. The van der Waals surface area contributed by atoms with Crippen LogP contribution in [-0.4, -0.2) is 41.8 Å². The molecule has 158 valence electrons. The van der Waals surface area contributed by atoms with E-state index in [1.165, 1.54) is 12.3 Å². The molecule has 0 unspecified atom stereocenters. The van der Waals surface area contributed by atoms with Crippen LogP contribution in [0.25, 0.3) is 6.08 Å². The van der Waals surface area contributed by atoms with Crippen molar-refractivity contribution in [2.24, 2.45) is 5.92 Å². The van der Waals surface area contributed by atoms with Gasteiger partial charge in [-0.15, -0.1) is 0 Å². The number of amides is 3. The highest BCUT2D eigenvalue weighted by Gasteiger charge is 2.26. The first-order valence-electron chi connectivity index (χ1n) is 10.2. The van der Waals surface area contributed by atoms with Gasteiger partial charge >= 0.3 is 0 Å². The van der Waals surface area contributed by atoms with Crippen LogP contribution in [0.5, 0.6) is 0 Å². The van der Waals surface area contributed by atoms with Crippen molar-refractivity contribution in [1.82, 2.24) is 15.5 Å². The average molecular weight is 409 g/mol. The van der Waals surface area contributed by atoms with Gasteiger partial charge in [0, 0.05) is 36.7 Å². The third-order valence-corrected chi connectivity index (χ3v) is 4.99. The van der Waals surface area contributed by atoms with Gasteiger partial charge in [0.2, 0.25) is 5.91 Å². The summed E-state index contributed by atoms with van der Waals surface area (Å²) in [4.78, 5) is 39.4. The molecule has 1 fully saturated rings. The fourth-order valence-corrected chi connectivity index (χ4v) is 3.33. The second-order valence-electron chi connectivity index (χ2n) is 7.62. The Morgan fingerprint density at radius 2 is 1.77 bits per heavy atom. The van der Waals surface area contributed by atoms with Gasteiger partial charge in [-0.3, -0.25) is 14.4 Å². The van der Waals surface area contributed by atoms with Crippen molar-refractivity contribution < 1.29 is 18.8 Å². The SMILES string of the molecule is CC(C)C(=O)N1CCC(NC(=O)C(=Cc2ccco2)NC(=O)c2ccccc2)CC1. The van der Waals surface area contributed by atoms with Gasteiger partial charge in [-0.25, -0.2) is 0 Å². The molecule has 0 saturated carbocycles. The molecule has 7 heteroatoms. The molecule has 0 bridgehead atoms. The molecule has 0 aliphatic carbocycles. The van der Waals surface area contributed by atoms with E-state index in [4.69, 9.17) is 4.42 Å². The number of rotatable bonds is 6. The summed E-state index contributed by atoms with van der Waals surface area (Å²) >= 11 is 0. The molecule has 2 aromatic rings. The molecule has 1 aromatic carbocycles. The Hall–Kier alpha value is -3.35. The molecule has 3 rings (SSSR count). The first-order chi connectivity index (χ1) is 14.4. The van der Waals surface area contributed by atoms with Crippen molar-refractivity contribution in [2.75, 3.05) is 13.1 Å². The number of hydrogen-bond donors (Lipinski definition) is 2. The summed E-state index contributed by atoms with van der Waals surface area (Å²) in [5.41, 5.74) is 0.565. The zero-order valence-electron chi connectivity index (χ0n) is 17.3. The largest absolute Gasteiger partial charge is 0.465 e. The molecule has 1 aliphatic rings. The highest BCUT2D eigenvalue weighted by atomic mass is 16.3. The number of benzene rings is 1. The minimum Gasteiger partial charge on any atom is -0.465 e. The van der Waals surface area contributed by atoms with Crippen molar-refractivity contribution in [1.29, 1.82) is 0 Å². The number of hydrogen-bond acceptors (Lipinski definition) is 4. The summed E-state index contributed by atoms with van der Waals surface area (Å²) in [6.45, 7) is 4.99. The van der Waals surface area contributed by atoms with E-state index in [9.17, 15) is 14.4 Å². The summed E-state index contributed by atoms with van der Waals surface area (Å²) in [6.07, 6.45) is 4.35. The van der Waals surface area contributed by atoms with Crippen LogP contribution in [-0.2, 0) is 9.59 Å². The van der Waals surface area contributed by atoms with E-state index < -0.39 is 0 Å². The van der Waals surface area contributed by atoms with E-state index in [-0.39, 0.29) is 35.4 Å². The quantitative estimate of drug-likeness (QED) is 0.718. The van der Waals surface area contributed by atoms with Gasteiger partial charge in [-0.1, -0.05) is 32.0 Å². The van der Waals surface area contributed by atoms with Gasteiger partial charge < -0.3 is 20.0 Å². The number of carbonyl (C=O) groups is 3. The average Bonchev–Trinajstić information content (AvgIpc) is 3.27. The number of nitrogens with zero attached hydrogens (tertiary/aromatic N) is 1. The topological polar surface area (TPSA) is 91.7 Å². The Balaban J connectivity index is 1.66. The van der Waals surface area contributed by atoms with Gasteiger partial charge in [0.1, 0.15) is 11.5 Å². The molecule has 0 radical (unpaired) electrons. The lowest BCUT2D eigenvalue weighted by Gasteiger charge is -2.33. The predicted molar refractivity (Wildman–Crippen MR) is 113 cm³/mol. The Morgan fingerprint density at radius 1 is 1.07 bits per heavy atom. The van der Waals surface area contributed by atoms with E-state index in [1.807, 2.05) is 24.8 Å². The molecule has 3 amide bonds. The number of carbonyl (C=O) groups excluding carboxylic acids is 3. The Bertz CT molecular complexity index is 896. The second kappa shape index (κ2) is 9.91. The molecule has 1 aliphatic heterocycles. The minimum atomic E-state index is -0.385. The van der Waals surface area contributed by atoms with Crippen molar-refractivity contribution in [3.8, 4) is 0 Å². The molecular formula is C23H27N3O4. The second-order valence-corrected chi connectivity index (χ2v) is 7.62. The van der Waals surface area contributed by atoms with Crippen LogP contribution in [0, 0.1) is 5.92 Å². The molecule has 0 atom stereocenters. The summed E-state index contributed by atoms with van der Waals surface area (Å²) in [6, 6.07) is 12.0. The Kier molecular flexibility index (Phi) is 7.06. The minimum absolute atomic E-state index is 0.0350. The van der Waals surface area contributed by atoms with Crippen LogP contribution in [0.15, 0.2) is 58.8 Å². The molecule has 7 nitrogen and oxygen atoms in total. The first kappa shape index (κ1) is 21.4. The standard InChI is InChI=1S/C23H27N3O4/c1-16(2)23(29)26-12-10-18(11-13-26)24-22(28)20(15-19-9-6-14-30-19)25-21(27)17-7-4-3-5-8-17/h3-9,14-16,18H,10-13H2,1-2H3,(H,24,28)(H,25,27). The third-order valence-electron chi connectivity index (χ3n) is 4.99. The van der Waals surface area contributed by atoms with Gasteiger partial charge in [-0.2, -0.15) is 0 Å². The van der Waals surface area contributed by atoms with Crippen LogP contribution < -0.4 is 10.6 Å². The normalized spacial score (nSPS) is 15.2.